The third-order valence-electron chi connectivity index (χ3n) is 1.96. The van der Waals surface area contributed by atoms with Crippen LogP contribution in [0.1, 0.15) is 24.2 Å². The van der Waals surface area contributed by atoms with E-state index in [0.717, 1.165) is 12.1 Å². The summed E-state index contributed by atoms with van der Waals surface area (Å²) < 4.78 is 23.0. The van der Waals surface area contributed by atoms with Crippen molar-refractivity contribution in [3.05, 3.63) is 29.6 Å². The third-order valence-corrected chi connectivity index (χ3v) is 1.96. The minimum absolute atomic E-state index is 0.118. The van der Waals surface area contributed by atoms with E-state index in [1.807, 2.05) is 0 Å². The summed E-state index contributed by atoms with van der Waals surface area (Å²) in [5.41, 5.74) is 0.149. The van der Waals surface area contributed by atoms with Crippen molar-refractivity contribution in [1.29, 1.82) is 0 Å². The monoisotopic (exact) mass is 240 g/mol. The Hall–Kier alpha value is -1.91. The van der Waals surface area contributed by atoms with Gasteiger partial charge in [-0.2, -0.15) is 0 Å². The van der Waals surface area contributed by atoms with Crippen molar-refractivity contribution in [2.75, 3.05) is 6.61 Å². The van der Waals surface area contributed by atoms with Gasteiger partial charge in [-0.1, -0.05) is 0 Å². The minimum atomic E-state index is -0.851. The number of benzene rings is 1. The standard InChI is InChI=1S/C12H13FO4/c1-3-16-12(15)8(2)17-11-5-9(7-14)4-10(13)6-11/h4-8H,3H2,1-2H3. The number of ether oxygens (including phenoxy) is 2. The Labute approximate surface area is 98.3 Å². The first kappa shape index (κ1) is 13.2. The van der Waals surface area contributed by atoms with Crippen LogP contribution in [-0.4, -0.2) is 25.0 Å². The van der Waals surface area contributed by atoms with Gasteiger partial charge in [0.25, 0.3) is 0 Å². The summed E-state index contributed by atoms with van der Waals surface area (Å²) in [6.07, 6.45) is -0.346. The van der Waals surface area contributed by atoms with Crippen molar-refractivity contribution in [3.63, 3.8) is 0 Å². The topological polar surface area (TPSA) is 52.6 Å². The normalized spacial score (nSPS) is 11.7. The number of carbonyl (C=O) groups is 2. The van der Waals surface area contributed by atoms with Crippen molar-refractivity contribution in [3.8, 4) is 5.75 Å². The van der Waals surface area contributed by atoms with Gasteiger partial charge < -0.3 is 9.47 Å². The zero-order valence-corrected chi connectivity index (χ0v) is 9.60. The lowest BCUT2D eigenvalue weighted by atomic mass is 10.2. The van der Waals surface area contributed by atoms with Gasteiger partial charge in [0.05, 0.1) is 6.61 Å². The maximum absolute atomic E-state index is 13.1. The molecular formula is C12H13FO4. The predicted molar refractivity (Wildman–Crippen MR) is 58.5 cm³/mol. The van der Waals surface area contributed by atoms with Gasteiger partial charge in [-0.15, -0.1) is 0 Å². The SMILES string of the molecule is CCOC(=O)C(C)Oc1cc(F)cc(C=O)c1. The van der Waals surface area contributed by atoms with Crippen LogP contribution in [-0.2, 0) is 9.53 Å². The highest BCUT2D eigenvalue weighted by molar-refractivity contribution is 5.76. The molecule has 1 aromatic rings. The van der Waals surface area contributed by atoms with Crippen molar-refractivity contribution in [2.24, 2.45) is 0 Å². The van der Waals surface area contributed by atoms with Crippen LogP contribution in [0.4, 0.5) is 4.39 Å². The van der Waals surface area contributed by atoms with Crippen LogP contribution < -0.4 is 4.74 Å². The molecule has 0 saturated heterocycles. The number of aldehydes is 1. The lowest BCUT2D eigenvalue weighted by Crippen LogP contribution is -2.26. The van der Waals surface area contributed by atoms with E-state index in [0.29, 0.717) is 6.29 Å². The average Bonchev–Trinajstić information content (AvgIpc) is 2.28. The largest absolute Gasteiger partial charge is 0.479 e. The van der Waals surface area contributed by atoms with E-state index in [-0.39, 0.29) is 17.9 Å². The first-order valence-corrected chi connectivity index (χ1v) is 5.16. The molecule has 0 heterocycles. The van der Waals surface area contributed by atoms with Gasteiger partial charge in [-0.3, -0.25) is 4.79 Å². The molecule has 92 valence electrons. The van der Waals surface area contributed by atoms with Crippen LogP contribution in [0.5, 0.6) is 5.75 Å². The fraction of sp³-hybridized carbons (Fsp3) is 0.333. The van der Waals surface area contributed by atoms with Crippen LogP contribution >= 0.6 is 0 Å². The molecule has 0 aliphatic heterocycles. The highest BCUT2D eigenvalue weighted by Crippen LogP contribution is 2.17. The Balaban J connectivity index is 2.77. The van der Waals surface area contributed by atoms with E-state index in [2.05, 4.69) is 0 Å². The van der Waals surface area contributed by atoms with E-state index in [9.17, 15) is 14.0 Å². The Morgan fingerprint density at radius 2 is 2.18 bits per heavy atom. The molecule has 5 heteroatoms. The maximum Gasteiger partial charge on any atom is 0.347 e. The Morgan fingerprint density at radius 1 is 1.47 bits per heavy atom. The zero-order chi connectivity index (χ0) is 12.8. The average molecular weight is 240 g/mol. The van der Waals surface area contributed by atoms with Crippen LogP contribution in [0.25, 0.3) is 0 Å². The fourth-order valence-electron chi connectivity index (χ4n) is 1.23. The van der Waals surface area contributed by atoms with Crippen LogP contribution in [0.3, 0.4) is 0 Å². The number of hydrogen-bond acceptors (Lipinski definition) is 4. The van der Waals surface area contributed by atoms with E-state index in [4.69, 9.17) is 9.47 Å². The molecule has 0 aliphatic carbocycles. The zero-order valence-electron chi connectivity index (χ0n) is 9.60. The van der Waals surface area contributed by atoms with Crippen LogP contribution in [0.15, 0.2) is 18.2 Å². The fourth-order valence-corrected chi connectivity index (χ4v) is 1.23. The van der Waals surface area contributed by atoms with Gasteiger partial charge in [0, 0.05) is 11.6 Å². The highest BCUT2D eigenvalue weighted by atomic mass is 19.1. The number of hydrogen-bond donors (Lipinski definition) is 0. The van der Waals surface area contributed by atoms with Gasteiger partial charge in [0.1, 0.15) is 17.9 Å². The quantitative estimate of drug-likeness (QED) is 0.583. The van der Waals surface area contributed by atoms with E-state index < -0.39 is 17.9 Å². The lowest BCUT2D eigenvalue weighted by Gasteiger charge is -2.13. The molecular weight excluding hydrogens is 227 g/mol. The van der Waals surface area contributed by atoms with Crippen molar-refractivity contribution >= 4 is 12.3 Å². The van der Waals surface area contributed by atoms with Crippen molar-refractivity contribution in [1.82, 2.24) is 0 Å². The molecule has 1 unspecified atom stereocenters. The van der Waals surface area contributed by atoms with Gasteiger partial charge in [-0.25, -0.2) is 9.18 Å². The van der Waals surface area contributed by atoms with Crippen molar-refractivity contribution in [2.45, 2.75) is 20.0 Å². The molecule has 0 N–H and O–H groups in total. The minimum Gasteiger partial charge on any atom is -0.479 e. The first-order chi connectivity index (χ1) is 8.06. The highest BCUT2D eigenvalue weighted by Gasteiger charge is 2.16. The lowest BCUT2D eigenvalue weighted by molar-refractivity contribution is -0.150. The molecule has 0 amide bonds. The summed E-state index contributed by atoms with van der Waals surface area (Å²) in [4.78, 5) is 21.8. The summed E-state index contributed by atoms with van der Waals surface area (Å²) in [5, 5.41) is 0. The van der Waals surface area contributed by atoms with Gasteiger partial charge in [0.2, 0.25) is 0 Å². The third kappa shape index (κ3) is 3.86. The maximum atomic E-state index is 13.1. The van der Waals surface area contributed by atoms with E-state index >= 15 is 0 Å². The van der Waals surface area contributed by atoms with Gasteiger partial charge in [-0.05, 0) is 26.0 Å². The Kier molecular flexibility index (Phi) is 4.63. The van der Waals surface area contributed by atoms with Gasteiger partial charge in [0.15, 0.2) is 6.10 Å². The molecule has 0 spiro atoms. The molecule has 17 heavy (non-hydrogen) atoms. The molecule has 0 aromatic heterocycles. The molecule has 0 radical (unpaired) electrons. The summed E-state index contributed by atoms with van der Waals surface area (Å²) in [7, 11) is 0. The molecule has 0 fully saturated rings. The van der Waals surface area contributed by atoms with Crippen LogP contribution in [0.2, 0.25) is 0 Å². The number of carbonyl (C=O) groups excluding carboxylic acids is 2. The summed E-state index contributed by atoms with van der Waals surface area (Å²) in [5.74, 6) is -1.02. The second-order valence-corrected chi connectivity index (χ2v) is 3.35. The van der Waals surface area contributed by atoms with E-state index in [1.165, 1.54) is 13.0 Å². The number of halogens is 1. The second kappa shape index (κ2) is 5.98. The van der Waals surface area contributed by atoms with Crippen LogP contribution in [0, 0.1) is 5.82 Å². The smallest absolute Gasteiger partial charge is 0.347 e. The second-order valence-electron chi connectivity index (χ2n) is 3.35. The molecule has 1 rings (SSSR count). The molecule has 0 aliphatic rings. The number of esters is 1. The first-order valence-electron chi connectivity index (χ1n) is 5.16. The predicted octanol–water partition coefficient (Wildman–Crippen LogP) is 1.97. The molecule has 4 nitrogen and oxygen atoms in total. The molecule has 1 aromatic carbocycles. The van der Waals surface area contributed by atoms with E-state index in [1.54, 1.807) is 6.92 Å². The molecule has 1 atom stereocenters. The Morgan fingerprint density at radius 3 is 2.76 bits per heavy atom. The molecule has 0 saturated carbocycles. The van der Waals surface area contributed by atoms with Crippen molar-refractivity contribution < 1.29 is 23.5 Å². The summed E-state index contributed by atoms with van der Waals surface area (Å²) in [6.45, 7) is 3.41. The summed E-state index contributed by atoms with van der Waals surface area (Å²) >= 11 is 0. The number of rotatable bonds is 5. The Bertz CT molecular complexity index is 417. The molecule has 0 bridgehead atoms. The van der Waals surface area contributed by atoms with Gasteiger partial charge >= 0.3 is 5.97 Å². The summed E-state index contributed by atoms with van der Waals surface area (Å²) in [6, 6.07) is 3.53.